The van der Waals surface area contributed by atoms with Crippen LogP contribution in [-0.4, -0.2) is 9.97 Å². The van der Waals surface area contributed by atoms with Gasteiger partial charge in [0.1, 0.15) is 5.82 Å². The molecule has 0 amide bonds. The Hall–Kier alpha value is -1.29. The van der Waals surface area contributed by atoms with Crippen molar-refractivity contribution < 1.29 is 0 Å². The lowest BCUT2D eigenvalue weighted by Crippen LogP contribution is -1.88. The van der Waals surface area contributed by atoms with E-state index in [1.165, 1.54) is 5.56 Å². The van der Waals surface area contributed by atoms with E-state index in [0.29, 0.717) is 10.0 Å². The molecule has 0 aliphatic heterocycles. The third kappa shape index (κ3) is 3.00. The fraction of sp³-hybridized carbons (Fsp3) is 0.0714. The van der Waals surface area contributed by atoms with Crippen molar-refractivity contribution in [1.82, 2.24) is 9.97 Å². The summed E-state index contributed by atoms with van der Waals surface area (Å²) in [6.45, 7) is 0. The molecule has 0 aliphatic rings. The topological polar surface area (TPSA) is 28.7 Å². The van der Waals surface area contributed by atoms with Gasteiger partial charge in [-0.05, 0) is 40.6 Å². The lowest BCUT2D eigenvalue weighted by molar-refractivity contribution is 1.03. The molecule has 1 aromatic carbocycles. The van der Waals surface area contributed by atoms with Gasteiger partial charge in [-0.2, -0.15) is 11.3 Å². The summed E-state index contributed by atoms with van der Waals surface area (Å²) >= 11 is 13.7. The Labute approximate surface area is 125 Å². The summed E-state index contributed by atoms with van der Waals surface area (Å²) in [7, 11) is 0. The number of rotatable bonds is 3. The van der Waals surface area contributed by atoms with Crippen LogP contribution in [-0.2, 0) is 6.42 Å². The minimum atomic E-state index is 0.616. The largest absolute Gasteiger partial charge is 0.348 e. The summed E-state index contributed by atoms with van der Waals surface area (Å²) in [5.74, 6) is 0.935. The predicted molar refractivity (Wildman–Crippen MR) is 81.2 cm³/mol. The summed E-state index contributed by atoms with van der Waals surface area (Å²) in [4.78, 5) is 7.76. The Morgan fingerprint density at radius 2 is 1.95 bits per heavy atom. The monoisotopic (exact) mass is 308 g/mol. The number of imidazole rings is 1. The van der Waals surface area contributed by atoms with Crippen molar-refractivity contribution in [2.75, 3.05) is 0 Å². The molecule has 0 fully saturated rings. The zero-order valence-electron chi connectivity index (χ0n) is 9.86. The van der Waals surface area contributed by atoms with E-state index in [9.17, 15) is 0 Å². The second-order valence-electron chi connectivity index (χ2n) is 4.20. The number of thiophene rings is 1. The number of nitrogens with zero attached hydrogens (tertiary/aromatic N) is 1. The van der Waals surface area contributed by atoms with Gasteiger partial charge >= 0.3 is 0 Å². The van der Waals surface area contributed by atoms with Crippen molar-refractivity contribution in [3.05, 3.63) is 62.7 Å². The first-order valence-corrected chi connectivity index (χ1v) is 7.42. The summed E-state index contributed by atoms with van der Waals surface area (Å²) in [6.07, 6.45) is 2.68. The molecule has 2 nitrogen and oxygen atoms in total. The summed E-state index contributed by atoms with van der Waals surface area (Å²) in [5, 5.41) is 5.42. The number of nitrogens with one attached hydrogen (secondary N) is 1. The second-order valence-corrected chi connectivity index (χ2v) is 5.85. The van der Waals surface area contributed by atoms with Crippen LogP contribution in [0.25, 0.3) is 11.3 Å². The van der Waals surface area contributed by atoms with Crippen LogP contribution in [0, 0.1) is 0 Å². The van der Waals surface area contributed by atoms with Crippen LogP contribution in [0.3, 0.4) is 0 Å². The van der Waals surface area contributed by atoms with Gasteiger partial charge in [0.25, 0.3) is 0 Å². The zero-order chi connectivity index (χ0) is 13.2. The van der Waals surface area contributed by atoms with Gasteiger partial charge in [0.2, 0.25) is 0 Å². The standard InChI is InChI=1S/C14H10Cl2N2S/c15-11-4-10(5-12(16)6-11)13-7-17-14(18-13)3-9-1-2-19-8-9/h1-2,4-8H,3H2,(H,17,18). The van der Waals surface area contributed by atoms with Crippen LogP contribution < -0.4 is 0 Å². The molecule has 2 aromatic heterocycles. The van der Waals surface area contributed by atoms with Crippen LogP contribution in [0.4, 0.5) is 0 Å². The number of hydrogen-bond donors (Lipinski definition) is 1. The molecule has 2 heterocycles. The Balaban J connectivity index is 1.88. The molecule has 0 aliphatic carbocycles. The van der Waals surface area contributed by atoms with Crippen molar-refractivity contribution >= 4 is 34.5 Å². The van der Waals surface area contributed by atoms with Crippen LogP contribution in [0.15, 0.2) is 41.2 Å². The highest BCUT2D eigenvalue weighted by molar-refractivity contribution is 7.07. The number of aromatic nitrogens is 2. The van der Waals surface area contributed by atoms with Crippen molar-refractivity contribution in [2.45, 2.75) is 6.42 Å². The minimum Gasteiger partial charge on any atom is -0.348 e. The van der Waals surface area contributed by atoms with E-state index in [0.717, 1.165) is 23.5 Å². The maximum atomic E-state index is 6.00. The molecule has 0 saturated carbocycles. The lowest BCUT2D eigenvalue weighted by atomic mass is 10.2. The van der Waals surface area contributed by atoms with Gasteiger partial charge in [0, 0.05) is 28.2 Å². The highest BCUT2D eigenvalue weighted by atomic mass is 35.5. The quantitative estimate of drug-likeness (QED) is 0.721. The second kappa shape index (κ2) is 5.37. The van der Waals surface area contributed by atoms with Gasteiger partial charge in [-0.1, -0.05) is 23.2 Å². The van der Waals surface area contributed by atoms with Crippen molar-refractivity contribution in [3.63, 3.8) is 0 Å². The maximum Gasteiger partial charge on any atom is 0.111 e. The van der Waals surface area contributed by atoms with E-state index >= 15 is 0 Å². The fourth-order valence-electron chi connectivity index (χ4n) is 1.89. The molecule has 0 atom stereocenters. The number of aromatic amines is 1. The van der Waals surface area contributed by atoms with Crippen LogP contribution >= 0.6 is 34.5 Å². The zero-order valence-corrected chi connectivity index (χ0v) is 12.2. The van der Waals surface area contributed by atoms with E-state index in [1.807, 2.05) is 18.3 Å². The normalized spacial score (nSPS) is 10.8. The van der Waals surface area contributed by atoms with E-state index in [4.69, 9.17) is 23.2 Å². The third-order valence-corrected chi connectivity index (χ3v) is 3.91. The first-order chi connectivity index (χ1) is 9.20. The molecule has 0 radical (unpaired) electrons. The molecule has 0 bridgehead atoms. The molecular weight excluding hydrogens is 299 g/mol. The Morgan fingerprint density at radius 1 is 1.16 bits per heavy atom. The fourth-order valence-corrected chi connectivity index (χ4v) is 3.08. The van der Waals surface area contributed by atoms with Crippen molar-refractivity contribution in [1.29, 1.82) is 0 Å². The summed E-state index contributed by atoms with van der Waals surface area (Å²) in [6, 6.07) is 7.53. The molecule has 0 unspecified atom stereocenters. The number of hydrogen-bond acceptors (Lipinski definition) is 2. The highest BCUT2D eigenvalue weighted by Gasteiger charge is 2.07. The smallest absolute Gasteiger partial charge is 0.111 e. The predicted octanol–water partition coefficient (Wildman–Crippen LogP) is 5.04. The van der Waals surface area contributed by atoms with Crippen LogP contribution in [0.1, 0.15) is 11.4 Å². The summed E-state index contributed by atoms with van der Waals surface area (Å²) in [5.41, 5.74) is 3.04. The SMILES string of the molecule is Clc1cc(Cl)cc(-c2c[nH]c(Cc3ccsc3)n2)c1. The number of H-pyrrole nitrogens is 1. The van der Waals surface area contributed by atoms with Gasteiger partial charge in [-0.3, -0.25) is 0 Å². The van der Waals surface area contributed by atoms with Crippen LogP contribution in [0.5, 0.6) is 0 Å². The average Bonchev–Trinajstić information content (AvgIpc) is 2.99. The molecule has 0 spiro atoms. The van der Waals surface area contributed by atoms with E-state index in [1.54, 1.807) is 17.4 Å². The first kappa shape index (κ1) is 12.7. The number of halogens is 2. The maximum absolute atomic E-state index is 6.00. The van der Waals surface area contributed by atoms with Gasteiger partial charge in [-0.25, -0.2) is 4.98 Å². The molecule has 0 saturated heterocycles. The third-order valence-electron chi connectivity index (χ3n) is 2.74. The van der Waals surface area contributed by atoms with E-state index in [2.05, 4.69) is 26.8 Å². The van der Waals surface area contributed by atoms with Crippen molar-refractivity contribution in [3.8, 4) is 11.3 Å². The average molecular weight is 309 g/mol. The van der Waals surface area contributed by atoms with Crippen molar-refractivity contribution in [2.24, 2.45) is 0 Å². The molecule has 3 rings (SSSR count). The summed E-state index contributed by atoms with van der Waals surface area (Å²) < 4.78 is 0. The highest BCUT2D eigenvalue weighted by Crippen LogP contribution is 2.26. The minimum absolute atomic E-state index is 0.616. The van der Waals surface area contributed by atoms with Crippen LogP contribution in [0.2, 0.25) is 10.0 Å². The number of benzene rings is 1. The molecule has 5 heteroatoms. The van der Waals surface area contributed by atoms with Gasteiger partial charge < -0.3 is 4.98 Å². The molecular formula is C14H10Cl2N2S. The Bertz CT molecular complexity index is 669. The van der Waals surface area contributed by atoms with Gasteiger partial charge in [-0.15, -0.1) is 0 Å². The molecule has 1 N–H and O–H groups in total. The van der Waals surface area contributed by atoms with Gasteiger partial charge in [0.15, 0.2) is 0 Å². The van der Waals surface area contributed by atoms with Gasteiger partial charge in [0.05, 0.1) is 5.69 Å². The first-order valence-electron chi connectivity index (χ1n) is 5.72. The Morgan fingerprint density at radius 3 is 2.63 bits per heavy atom. The molecule has 19 heavy (non-hydrogen) atoms. The van der Waals surface area contributed by atoms with E-state index in [-0.39, 0.29) is 0 Å². The van der Waals surface area contributed by atoms with E-state index < -0.39 is 0 Å². The Kier molecular flexibility index (Phi) is 3.60. The molecule has 3 aromatic rings. The molecule has 96 valence electrons. The lowest BCUT2D eigenvalue weighted by Gasteiger charge is -1.99.